The van der Waals surface area contributed by atoms with E-state index in [-0.39, 0.29) is 6.04 Å². The lowest BCUT2D eigenvalue weighted by atomic mass is 9.94. The Hall–Kier alpha value is -1.95. The molecule has 2 rings (SSSR count). The minimum Gasteiger partial charge on any atom is -0.493 e. The molecule has 1 aliphatic rings. The van der Waals surface area contributed by atoms with E-state index in [4.69, 9.17) is 14.2 Å². The number of hydrogen-bond acceptors (Lipinski definition) is 5. The molecule has 1 aliphatic heterocycles. The van der Waals surface area contributed by atoms with Gasteiger partial charge in [0.1, 0.15) is 0 Å². The Morgan fingerprint density at radius 2 is 1.80 bits per heavy atom. The van der Waals surface area contributed by atoms with E-state index in [1.165, 1.54) is 21.3 Å². The second kappa shape index (κ2) is 6.00. The first-order valence-electron chi connectivity index (χ1n) is 6.38. The fourth-order valence-electron chi connectivity index (χ4n) is 2.60. The van der Waals surface area contributed by atoms with Crippen molar-refractivity contribution in [2.75, 3.05) is 27.9 Å². The van der Waals surface area contributed by atoms with Crippen LogP contribution in [0.4, 0.5) is 0 Å². The lowest BCUT2D eigenvalue weighted by Crippen LogP contribution is -2.23. The van der Waals surface area contributed by atoms with Gasteiger partial charge in [-0.15, -0.1) is 0 Å². The zero-order valence-electron chi connectivity index (χ0n) is 11.8. The van der Waals surface area contributed by atoms with Crippen molar-refractivity contribution in [3.8, 4) is 17.2 Å². The summed E-state index contributed by atoms with van der Waals surface area (Å²) >= 11 is 0. The van der Waals surface area contributed by atoms with Crippen molar-refractivity contribution in [1.29, 1.82) is 0 Å². The fraction of sp³-hybridized carbons (Fsp3) is 0.500. The zero-order valence-corrected chi connectivity index (χ0v) is 11.8. The smallest absolute Gasteiger partial charge is 0.308 e. The second-order valence-electron chi connectivity index (χ2n) is 4.62. The van der Waals surface area contributed by atoms with E-state index >= 15 is 0 Å². The third-order valence-electron chi connectivity index (χ3n) is 3.59. The molecule has 1 aromatic rings. The summed E-state index contributed by atoms with van der Waals surface area (Å²) in [6.07, 6.45) is 0.608. The lowest BCUT2D eigenvalue weighted by molar-refractivity contribution is -0.142. The number of rotatable bonds is 5. The number of methoxy groups -OCH3 is 3. The summed E-state index contributed by atoms with van der Waals surface area (Å²) in [6, 6.07) is 3.34. The van der Waals surface area contributed by atoms with Gasteiger partial charge in [-0.25, -0.2) is 0 Å². The van der Waals surface area contributed by atoms with Crippen LogP contribution < -0.4 is 19.5 Å². The van der Waals surface area contributed by atoms with Crippen molar-refractivity contribution >= 4 is 5.97 Å². The zero-order chi connectivity index (χ0) is 14.7. The second-order valence-corrected chi connectivity index (χ2v) is 4.62. The SMILES string of the molecule is COc1cc(C2NCCC2C(=O)O)cc(OC)c1OC. The maximum atomic E-state index is 11.3. The van der Waals surface area contributed by atoms with Crippen LogP contribution in [0, 0.1) is 5.92 Å². The summed E-state index contributed by atoms with van der Waals surface area (Å²) in [5, 5.41) is 12.5. The van der Waals surface area contributed by atoms with Crippen LogP contribution in [0.3, 0.4) is 0 Å². The molecule has 2 N–H and O–H groups in total. The molecule has 1 saturated heterocycles. The predicted molar refractivity (Wildman–Crippen MR) is 72.6 cm³/mol. The Labute approximate surface area is 117 Å². The highest BCUT2D eigenvalue weighted by atomic mass is 16.5. The van der Waals surface area contributed by atoms with Gasteiger partial charge in [-0.2, -0.15) is 0 Å². The van der Waals surface area contributed by atoms with Crippen molar-refractivity contribution in [2.24, 2.45) is 5.92 Å². The Kier molecular flexibility index (Phi) is 4.34. The van der Waals surface area contributed by atoms with Crippen LogP contribution in [-0.4, -0.2) is 38.9 Å². The van der Waals surface area contributed by atoms with Gasteiger partial charge in [0.25, 0.3) is 0 Å². The highest BCUT2D eigenvalue weighted by Crippen LogP contribution is 2.42. The van der Waals surface area contributed by atoms with Crippen molar-refractivity contribution in [2.45, 2.75) is 12.5 Å². The maximum absolute atomic E-state index is 11.3. The third kappa shape index (κ3) is 2.51. The van der Waals surface area contributed by atoms with Crippen LogP contribution in [0.5, 0.6) is 17.2 Å². The number of benzene rings is 1. The molecular weight excluding hydrogens is 262 g/mol. The van der Waals surface area contributed by atoms with Crippen molar-refractivity contribution < 1.29 is 24.1 Å². The molecule has 0 amide bonds. The molecule has 0 radical (unpaired) electrons. The average molecular weight is 281 g/mol. The summed E-state index contributed by atoms with van der Waals surface area (Å²) in [5.41, 5.74) is 0.824. The first-order chi connectivity index (χ1) is 9.62. The molecule has 2 unspecified atom stereocenters. The number of ether oxygens (including phenoxy) is 3. The Morgan fingerprint density at radius 1 is 1.20 bits per heavy atom. The number of carboxylic acids is 1. The molecule has 2 atom stereocenters. The van der Waals surface area contributed by atoms with Gasteiger partial charge in [-0.3, -0.25) is 4.79 Å². The molecule has 6 heteroatoms. The van der Waals surface area contributed by atoms with Gasteiger partial charge in [0, 0.05) is 6.04 Å². The number of carboxylic acid groups (broad SMARTS) is 1. The molecule has 0 aliphatic carbocycles. The molecule has 0 saturated carbocycles. The standard InChI is InChI=1S/C14H19NO5/c1-18-10-6-8(7-11(19-2)13(10)20-3)12-9(14(16)17)4-5-15-12/h6-7,9,12,15H,4-5H2,1-3H3,(H,16,17). The van der Waals surface area contributed by atoms with E-state index in [0.717, 1.165) is 5.56 Å². The summed E-state index contributed by atoms with van der Waals surface area (Å²) in [7, 11) is 4.61. The normalized spacial score (nSPS) is 21.6. The van der Waals surface area contributed by atoms with Crippen molar-refractivity contribution in [3.63, 3.8) is 0 Å². The molecule has 1 heterocycles. The van der Waals surface area contributed by atoms with E-state index in [2.05, 4.69) is 5.32 Å². The van der Waals surface area contributed by atoms with Gasteiger partial charge in [-0.1, -0.05) is 0 Å². The largest absolute Gasteiger partial charge is 0.493 e. The Balaban J connectivity index is 2.44. The summed E-state index contributed by atoms with van der Waals surface area (Å²) in [4.78, 5) is 11.3. The molecule has 0 bridgehead atoms. The molecule has 20 heavy (non-hydrogen) atoms. The van der Waals surface area contributed by atoms with Gasteiger partial charge in [0.05, 0.1) is 27.2 Å². The van der Waals surface area contributed by atoms with Crippen molar-refractivity contribution in [3.05, 3.63) is 17.7 Å². The quantitative estimate of drug-likeness (QED) is 0.850. The highest BCUT2D eigenvalue weighted by Gasteiger charge is 2.34. The van der Waals surface area contributed by atoms with Crippen molar-refractivity contribution in [1.82, 2.24) is 5.32 Å². The topological polar surface area (TPSA) is 77.0 Å². The Morgan fingerprint density at radius 3 is 2.25 bits per heavy atom. The van der Waals surface area contributed by atoms with Gasteiger partial charge in [0.2, 0.25) is 5.75 Å². The summed E-state index contributed by atoms with van der Waals surface area (Å²) < 4.78 is 15.9. The van der Waals surface area contributed by atoms with E-state index in [1.54, 1.807) is 12.1 Å². The predicted octanol–water partition coefficient (Wildman–Crippen LogP) is 1.45. The first-order valence-corrected chi connectivity index (χ1v) is 6.38. The van der Waals surface area contributed by atoms with E-state index < -0.39 is 11.9 Å². The third-order valence-corrected chi connectivity index (χ3v) is 3.59. The van der Waals surface area contributed by atoms with E-state index in [0.29, 0.717) is 30.2 Å². The Bertz CT molecular complexity index is 477. The molecule has 6 nitrogen and oxygen atoms in total. The summed E-state index contributed by atoms with van der Waals surface area (Å²) in [6.45, 7) is 0.679. The number of hydrogen-bond donors (Lipinski definition) is 2. The van der Waals surface area contributed by atoms with Gasteiger partial charge < -0.3 is 24.6 Å². The highest BCUT2D eigenvalue weighted by molar-refractivity contribution is 5.72. The van der Waals surface area contributed by atoms with Crippen LogP contribution >= 0.6 is 0 Å². The number of aliphatic carboxylic acids is 1. The summed E-state index contributed by atoms with van der Waals surface area (Å²) in [5.74, 6) is 0.314. The molecule has 0 spiro atoms. The van der Waals surface area contributed by atoms with E-state index in [9.17, 15) is 9.90 Å². The molecule has 1 aromatic carbocycles. The molecule has 0 aromatic heterocycles. The maximum Gasteiger partial charge on any atom is 0.308 e. The average Bonchev–Trinajstić information content (AvgIpc) is 2.95. The number of carbonyl (C=O) groups is 1. The van der Waals surface area contributed by atoms with Crippen LogP contribution in [0.2, 0.25) is 0 Å². The fourth-order valence-corrected chi connectivity index (χ4v) is 2.60. The lowest BCUT2D eigenvalue weighted by Gasteiger charge is -2.20. The van der Waals surface area contributed by atoms with Gasteiger partial charge in [0.15, 0.2) is 11.5 Å². The van der Waals surface area contributed by atoms with Crippen LogP contribution in [0.15, 0.2) is 12.1 Å². The monoisotopic (exact) mass is 281 g/mol. The van der Waals surface area contributed by atoms with Gasteiger partial charge >= 0.3 is 5.97 Å². The van der Waals surface area contributed by atoms with Crippen LogP contribution in [0.25, 0.3) is 0 Å². The minimum absolute atomic E-state index is 0.249. The minimum atomic E-state index is -0.797. The molecular formula is C14H19NO5. The molecule has 110 valence electrons. The van der Waals surface area contributed by atoms with Gasteiger partial charge in [-0.05, 0) is 30.7 Å². The first kappa shape index (κ1) is 14.5. The number of nitrogens with one attached hydrogen (secondary N) is 1. The van der Waals surface area contributed by atoms with Crippen LogP contribution in [0.1, 0.15) is 18.0 Å². The van der Waals surface area contributed by atoms with Crippen LogP contribution in [-0.2, 0) is 4.79 Å². The van der Waals surface area contributed by atoms with E-state index in [1.807, 2.05) is 0 Å². The molecule has 1 fully saturated rings.